The van der Waals surface area contributed by atoms with E-state index in [-0.39, 0.29) is 0 Å². The number of hydrogen-bond donors (Lipinski definition) is 2. The van der Waals surface area contributed by atoms with Crippen molar-refractivity contribution in [3.63, 3.8) is 0 Å². The molecule has 0 aliphatic carbocycles. The van der Waals surface area contributed by atoms with Crippen LogP contribution in [0.3, 0.4) is 0 Å². The lowest BCUT2D eigenvalue weighted by molar-refractivity contribution is 0.495. The van der Waals surface area contributed by atoms with Gasteiger partial charge in [0.05, 0.1) is 11.6 Å². The predicted molar refractivity (Wildman–Crippen MR) is 99.8 cm³/mol. The Morgan fingerprint density at radius 3 is 2.83 bits per heavy atom. The average molecular weight is 344 g/mol. The van der Waals surface area contributed by atoms with E-state index in [1.54, 1.807) is 17.6 Å². The van der Waals surface area contributed by atoms with Crippen molar-refractivity contribution < 1.29 is 4.42 Å². The maximum absolute atomic E-state index is 5.69. The normalized spacial score (nSPS) is 12.7. The fourth-order valence-corrected chi connectivity index (χ4v) is 3.81. The number of fused-ring (bicyclic) bond motifs is 1. The largest absolute Gasteiger partial charge is 0.469 e. The average Bonchev–Trinajstić information content (AvgIpc) is 3.15. The molecule has 3 aromatic rings. The van der Waals surface area contributed by atoms with E-state index in [1.807, 2.05) is 12.1 Å². The fraction of sp³-hybridized carbons (Fsp3) is 0.444. The molecule has 3 heterocycles. The molecular formula is C18H24N4OS. The summed E-state index contributed by atoms with van der Waals surface area (Å²) in [4.78, 5) is 11.7. The monoisotopic (exact) mass is 344 g/mol. The lowest BCUT2D eigenvalue weighted by Gasteiger charge is -2.16. The number of hydrogen-bond acceptors (Lipinski definition) is 6. The van der Waals surface area contributed by atoms with Crippen molar-refractivity contribution in [2.75, 3.05) is 11.9 Å². The third kappa shape index (κ3) is 3.60. The number of aryl methyl sites for hydroxylation is 3. The van der Waals surface area contributed by atoms with Crippen molar-refractivity contribution in [2.45, 2.75) is 46.1 Å². The maximum atomic E-state index is 5.69. The van der Waals surface area contributed by atoms with Gasteiger partial charge in [-0.15, -0.1) is 11.3 Å². The van der Waals surface area contributed by atoms with Crippen LogP contribution in [0.25, 0.3) is 10.2 Å². The van der Waals surface area contributed by atoms with Crippen LogP contribution in [0.15, 0.2) is 22.8 Å². The van der Waals surface area contributed by atoms with Gasteiger partial charge in [-0.3, -0.25) is 0 Å². The second-order valence-corrected chi connectivity index (χ2v) is 7.36. The summed E-state index contributed by atoms with van der Waals surface area (Å²) in [6, 6.07) is 4.23. The molecule has 0 aliphatic heterocycles. The van der Waals surface area contributed by atoms with Crippen LogP contribution in [-0.2, 0) is 12.8 Å². The summed E-state index contributed by atoms with van der Waals surface area (Å²) in [6.45, 7) is 7.00. The van der Waals surface area contributed by atoms with Gasteiger partial charge in [-0.05, 0) is 51.4 Å². The first-order valence-electron chi connectivity index (χ1n) is 8.34. The number of nitrogens with two attached hydrogens (primary N) is 1. The first-order chi connectivity index (χ1) is 11.6. The van der Waals surface area contributed by atoms with Crippen LogP contribution in [0, 0.1) is 13.8 Å². The van der Waals surface area contributed by atoms with Gasteiger partial charge in [0.2, 0.25) is 0 Å². The van der Waals surface area contributed by atoms with Gasteiger partial charge in [0.15, 0.2) is 0 Å². The van der Waals surface area contributed by atoms with Gasteiger partial charge in [0.25, 0.3) is 0 Å². The second kappa shape index (κ2) is 7.32. The van der Waals surface area contributed by atoms with E-state index in [9.17, 15) is 0 Å². The van der Waals surface area contributed by atoms with E-state index in [0.717, 1.165) is 40.5 Å². The van der Waals surface area contributed by atoms with Crippen LogP contribution in [0.1, 0.15) is 35.4 Å². The standard InChI is InChI=1S/C18H24N4OS/c1-11(6-7-14-5-4-10-23-14)20-17-16-12(2)13(3)24-18(16)22-15(21-17)8-9-19/h4-5,10-11H,6-9,19H2,1-3H3,(H,20,21,22). The molecule has 24 heavy (non-hydrogen) atoms. The van der Waals surface area contributed by atoms with E-state index in [2.05, 4.69) is 31.1 Å². The zero-order chi connectivity index (χ0) is 17.1. The summed E-state index contributed by atoms with van der Waals surface area (Å²) in [5.74, 6) is 2.76. The van der Waals surface area contributed by atoms with Crippen molar-refractivity contribution in [3.05, 3.63) is 40.4 Å². The van der Waals surface area contributed by atoms with Crippen molar-refractivity contribution in [1.29, 1.82) is 0 Å². The molecule has 0 amide bonds. The number of thiophene rings is 1. The van der Waals surface area contributed by atoms with Crippen molar-refractivity contribution in [2.24, 2.45) is 5.73 Å². The van der Waals surface area contributed by atoms with E-state index in [0.29, 0.717) is 19.0 Å². The molecule has 0 aliphatic rings. The van der Waals surface area contributed by atoms with Crippen LogP contribution < -0.4 is 11.1 Å². The Balaban J connectivity index is 1.83. The summed E-state index contributed by atoms with van der Waals surface area (Å²) in [7, 11) is 0. The van der Waals surface area contributed by atoms with Gasteiger partial charge in [-0.1, -0.05) is 0 Å². The Kier molecular flexibility index (Phi) is 5.16. The minimum absolute atomic E-state index is 0.290. The molecule has 5 nitrogen and oxygen atoms in total. The quantitative estimate of drug-likeness (QED) is 0.681. The van der Waals surface area contributed by atoms with Crippen molar-refractivity contribution >= 4 is 27.4 Å². The topological polar surface area (TPSA) is 77.0 Å². The smallest absolute Gasteiger partial charge is 0.139 e. The fourth-order valence-electron chi connectivity index (χ4n) is 2.76. The third-order valence-corrected chi connectivity index (χ3v) is 5.33. The Morgan fingerprint density at radius 1 is 1.29 bits per heavy atom. The molecule has 0 bridgehead atoms. The van der Waals surface area contributed by atoms with Crippen LogP contribution in [0.5, 0.6) is 0 Å². The summed E-state index contributed by atoms with van der Waals surface area (Å²) in [5, 5.41) is 4.72. The number of aromatic nitrogens is 2. The van der Waals surface area contributed by atoms with Crippen LogP contribution in [0.2, 0.25) is 0 Å². The lowest BCUT2D eigenvalue weighted by atomic mass is 10.1. The summed E-state index contributed by atoms with van der Waals surface area (Å²) in [6.07, 6.45) is 4.31. The van der Waals surface area contributed by atoms with Gasteiger partial charge >= 0.3 is 0 Å². The summed E-state index contributed by atoms with van der Waals surface area (Å²) < 4.78 is 5.41. The number of anilines is 1. The summed E-state index contributed by atoms with van der Waals surface area (Å²) >= 11 is 1.72. The van der Waals surface area contributed by atoms with Crippen LogP contribution in [-0.4, -0.2) is 22.6 Å². The lowest BCUT2D eigenvalue weighted by Crippen LogP contribution is -2.18. The van der Waals surface area contributed by atoms with Gasteiger partial charge in [-0.2, -0.15) is 0 Å². The highest BCUT2D eigenvalue weighted by atomic mass is 32.1. The number of rotatable bonds is 7. The zero-order valence-electron chi connectivity index (χ0n) is 14.4. The highest BCUT2D eigenvalue weighted by Gasteiger charge is 2.16. The minimum atomic E-state index is 0.290. The summed E-state index contributed by atoms with van der Waals surface area (Å²) in [5.41, 5.74) is 6.94. The molecule has 1 atom stereocenters. The first-order valence-corrected chi connectivity index (χ1v) is 9.15. The maximum Gasteiger partial charge on any atom is 0.139 e. The van der Waals surface area contributed by atoms with E-state index < -0.39 is 0 Å². The van der Waals surface area contributed by atoms with Crippen molar-refractivity contribution in [1.82, 2.24) is 9.97 Å². The van der Waals surface area contributed by atoms with Gasteiger partial charge in [-0.25, -0.2) is 9.97 Å². The second-order valence-electron chi connectivity index (χ2n) is 6.15. The molecule has 128 valence electrons. The Hall–Kier alpha value is -1.92. The number of nitrogens with zero attached hydrogens (tertiary/aromatic N) is 2. The van der Waals surface area contributed by atoms with E-state index in [4.69, 9.17) is 15.1 Å². The number of nitrogens with one attached hydrogen (secondary N) is 1. The molecule has 1 unspecified atom stereocenters. The Bertz CT molecular complexity index is 810. The van der Waals surface area contributed by atoms with E-state index >= 15 is 0 Å². The molecule has 3 N–H and O–H groups in total. The number of furan rings is 1. The molecule has 0 radical (unpaired) electrons. The molecule has 3 aromatic heterocycles. The molecule has 0 aromatic carbocycles. The molecule has 3 rings (SSSR count). The van der Waals surface area contributed by atoms with E-state index in [1.165, 1.54) is 10.4 Å². The van der Waals surface area contributed by atoms with Crippen LogP contribution >= 0.6 is 11.3 Å². The Labute approximate surface area is 146 Å². The van der Waals surface area contributed by atoms with Gasteiger partial charge in [0.1, 0.15) is 22.2 Å². The molecule has 0 spiro atoms. The van der Waals surface area contributed by atoms with Crippen LogP contribution in [0.4, 0.5) is 5.82 Å². The molecule has 0 saturated carbocycles. The highest BCUT2D eigenvalue weighted by Crippen LogP contribution is 2.33. The zero-order valence-corrected chi connectivity index (χ0v) is 15.2. The molecule has 6 heteroatoms. The SMILES string of the molecule is Cc1sc2nc(CCN)nc(NC(C)CCc3ccco3)c2c1C. The van der Waals surface area contributed by atoms with Crippen molar-refractivity contribution in [3.8, 4) is 0 Å². The predicted octanol–water partition coefficient (Wildman–Crippen LogP) is 3.84. The van der Waals surface area contributed by atoms with Gasteiger partial charge in [0, 0.05) is 23.8 Å². The molecule has 0 fully saturated rings. The first kappa shape index (κ1) is 16.9. The minimum Gasteiger partial charge on any atom is -0.469 e. The highest BCUT2D eigenvalue weighted by molar-refractivity contribution is 7.18. The Morgan fingerprint density at radius 2 is 2.12 bits per heavy atom. The molecule has 0 saturated heterocycles. The van der Waals surface area contributed by atoms with Gasteiger partial charge < -0.3 is 15.5 Å². The third-order valence-electron chi connectivity index (χ3n) is 4.23. The molecular weight excluding hydrogens is 320 g/mol.